The third-order valence-corrected chi connectivity index (χ3v) is 3.05. The van der Waals surface area contributed by atoms with Crippen molar-refractivity contribution in [2.75, 3.05) is 0 Å². The Bertz CT molecular complexity index is 765. The standard InChI is InChI=1S/C13H8ClN3O2/c14-10-5-3-9(4-6-10)11-8-16-7-1-2-12(17(18)19)13(16)15-11/h1-8H. The first-order valence-electron chi connectivity index (χ1n) is 5.53. The van der Waals surface area contributed by atoms with Crippen LogP contribution in [0.1, 0.15) is 0 Å². The second kappa shape index (κ2) is 4.37. The summed E-state index contributed by atoms with van der Waals surface area (Å²) in [6.07, 6.45) is 3.49. The minimum absolute atomic E-state index is 0.0114. The maximum absolute atomic E-state index is 10.9. The number of aromatic nitrogens is 2. The van der Waals surface area contributed by atoms with E-state index in [2.05, 4.69) is 4.98 Å². The summed E-state index contributed by atoms with van der Waals surface area (Å²) in [5, 5.41) is 11.6. The summed E-state index contributed by atoms with van der Waals surface area (Å²) in [5.41, 5.74) is 1.86. The number of fused-ring (bicyclic) bond motifs is 1. The molecule has 2 heterocycles. The molecule has 3 rings (SSSR count). The zero-order valence-electron chi connectivity index (χ0n) is 9.65. The number of rotatable bonds is 2. The fourth-order valence-electron chi connectivity index (χ4n) is 1.90. The Kier molecular flexibility index (Phi) is 2.68. The van der Waals surface area contributed by atoms with Gasteiger partial charge in [0.2, 0.25) is 5.65 Å². The van der Waals surface area contributed by atoms with Crippen molar-refractivity contribution in [3.8, 4) is 11.3 Å². The fourth-order valence-corrected chi connectivity index (χ4v) is 2.03. The highest BCUT2D eigenvalue weighted by molar-refractivity contribution is 6.30. The molecule has 3 aromatic rings. The van der Waals surface area contributed by atoms with Gasteiger partial charge in [-0.25, -0.2) is 4.98 Å². The number of benzene rings is 1. The van der Waals surface area contributed by atoms with Crippen LogP contribution < -0.4 is 0 Å². The average molecular weight is 274 g/mol. The lowest BCUT2D eigenvalue weighted by Crippen LogP contribution is -1.92. The molecule has 0 atom stereocenters. The normalized spacial score (nSPS) is 10.8. The predicted octanol–water partition coefficient (Wildman–Crippen LogP) is 3.56. The van der Waals surface area contributed by atoms with Gasteiger partial charge in [-0.2, -0.15) is 0 Å². The quantitative estimate of drug-likeness (QED) is 0.530. The van der Waals surface area contributed by atoms with E-state index in [1.807, 2.05) is 12.1 Å². The molecule has 0 spiro atoms. The summed E-state index contributed by atoms with van der Waals surface area (Å²) in [4.78, 5) is 14.8. The highest BCUT2D eigenvalue weighted by atomic mass is 35.5. The summed E-state index contributed by atoms with van der Waals surface area (Å²) in [5.74, 6) is 0. The van der Waals surface area contributed by atoms with E-state index in [9.17, 15) is 10.1 Å². The average Bonchev–Trinajstić information content (AvgIpc) is 2.82. The van der Waals surface area contributed by atoms with Gasteiger partial charge in [0, 0.05) is 29.0 Å². The van der Waals surface area contributed by atoms with E-state index in [1.165, 1.54) is 6.07 Å². The van der Waals surface area contributed by atoms with Crippen molar-refractivity contribution in [2.24, 2.45) is 0 Å². The monoisotopic (exact) mass is 273 g/mol. The van der Waals surface area contributed by atoms with E-state index in [0.29, 0.717) is 16.4 Å². The van der Waals surface area contributed by atoms with Gasteiger partial charge in [-0.05, 0) is 18.2 Å². The van der Waals surface area contributed by atoms with Gasteiger partial charge >= 0.3 is 5.69 Å². The van der Waals surface area contributed by atoms with Gasteiger partial charge < -0.3 is 4.40 Å². The molecule has 5 nitrogen and oxygen atoms in total. The fraction of sp³-hybridized carbons (Fsp3) is 0. The van der Waals surface area contributed by atoms with E-state index in [-0.39, 0.29) is 5.69 Å². The van der Waals surface area contributed by atoms with Crippen LogP contribution in [0.25, 0.3) is 16.9 Å². The van der Waals surface area contributed by atoms with Gasteiger partial charge in [-0.15, -0.1) is 0 Å². The lowest BCUT2D eigenvalue weighted by atomic mass is 10.2. The number of hydrogen-bond donors (Lipinski definition) is 0. The molecule has 0 unspecified atom stereocenters. The zero-order valence-corrected chi connectivity index (χ0v) is 10.4. The molecule has 0 aliphatic rings. The minimum Gasteiger partial charge on any atom is -0.301 e. The molecule has 0 saturated carbocycles. The van der Waals surface area contributed by atoms with Crippen LogP contribution in [-0.2, 0) is 0 Å². The van der Waals surface area contributed by atoms with Gasteiger partial charge in [0.1, 0.15) is 0 Å². The molecular weight excluding hydrogens is 266 g/mol. The lowest BCUT2D eigenvalue weighted by molar-refractivity contribution is -0.383. The van der Waals surface area contributed by atoms with Gasteiger partial charge in [0.15, 0.2) is 0 Å². The van der Waals surface area contributed by atoms with Crippen LogP contribution in [0.3, 0.4) is 0 Å². The number of nitrogens with zero attached hydrogens (tertiary/aromatic N) is 3. The van der Waals surface area contributed by atoms with Gasteiger partial charge in [0.25, 0.3) is 0 Å². The molecule has 0 fully saturated rings. The summed E-state index contributed by atoms with van der Waals surface area (Å²) < 4.78 is 1.64. The molecule has 0 N–H and O–H groups in total. The Balaban J connectivity index is 2.19. The molecule has 1 aromatic carbocycles. The Morgan fingerprint density at radius 1 is 1.21 bits per heavy atom. The van der Waals surface area contributed by atoms with Crippen LogP contribution in [0, 0.1) is 10.1 Å². The van der Waals surface area contributed by atoms with Gasteiger partial charge in [0.05, 0.1) is 10.6 Å². The summed E-state index contributed by atoms with van der Waals surface area (Å²) in [7, 11) is 0. The SMILES string of the molecule is O=[N+]([O-])c1cccn2cc(-c3ccc(Cl)cc3)nc12. The highest BCUT2D eigenvalue weighted by Gasteiger charge is 2.15. The van der Waals surface area contributed by atoms with Crippen molar-refractivity contribution in [3.63, 3.8) is 0 Å². The first-order chi connectivity index (χ1) is 9.15. The first kappa shape index (κ1) is 11.7. The molecule has 0 bridgehead atoms. The van der Waals surface area contributed by atoms with E-state index in [4.69, 9.17) is 11.6 Å². The van der Waals surface area contributed by atoms with Crippen molar-refractivity contribution < 1.29 is 4.92 Å². The van der Waals surface area contributed by atoms with Gasteiger partial charge in [-0.3, -0.25) is 10.1 Å². The molecule has 0 saturated heterocycles. The van der Waals surface area contributed by atoms with Crippen molar-refractivity contribution in [1.82, 2.24) is 9.38 Å². The minimum atomic E-state index is -0.437. The van der Waals surface area contributed by atoms with Crippen LogP contribution in [0.4, 0.5) is 5.69 Å². The second-order valence-corrected chi connectivity index (χ2v) is 4.45. The van der Waals surface area contributed by atoms with Crippen LogP contribution in [-0.4, -0.2) is 14.3 Å². The lowest BCUT2D eigenvalue weighted by Gasteiger charge is -1.95. The Morgan fingerprint density at radius 3 is 2.63 bits per heavy atom. The molecule has 0 aliphatic heterocycles. The first-order valence-corrected chi connectivity index (χ1v) is 5.91. The van der Waals surface area contributed by atoms with E-state index in [1.54, 1.807) is 35.0 Å². The van der Waals surface area contributed by atoms with Crippen LogP contribution in [0.15, 0.2) is 48.8 Å². The highest BCUT2D eigenvalue weighted by Crippen LogP contribution is 2.25. The predicted molar refractivity (Wildman–Crippen MR) is 72.3 cm³/mol. The molecule has 6 heteroatoms. The third kappa shape index (κ3) is 2.04. The maximum atomic E-state index is 10.9. The maximum Gasteiger partial charge on any atom is 0.312 e. The molecule has 0 aliphatic carbocycles. The number of halogens is 1. The number of pyridine rings is 1. The molecule has 19 heavy (non-hydrogen) atoms. The Morgan fingerprint density at radius 2 is 1.95 bits per heavy atom. The number of hydrogen-bond acceptors (Lipinski definition) is 3. The smallest absolute Gasteiger partial charge is 0.301 e. The van der Waals surface area contributed by atoms with Crippen LogP contribution in [0.5, 0.6) is 0 Å². The van der Waals surface area contributed by atoms with Gasteiger partial charge in [-0.1, -0.05) is 23.7 Å². The summed E-state index contributed by atoms with van der Waals surface area (Å²) >= 11 is 5.83. The van der Waals surface area contributed by atoms with Crippen LogP contribution in [0.2, 0.25) is 5.02 Å². The van der Waals surface area contributed by atoms with Crippen molar-refractivity contribution in [2.45, 2.75) is 0 Å². The van der Waals surface area contributed by atoms with E-state index >= 15 is 0 Å². The molecular formula is C13H8ClN3O2. The zero-order chi connectivity index (χ0) is 13.4. The van der Waals surface area contributed by atoms with E-state index < -0.39 is 4.92 Å². The molecule has 0 radical (unpaired) electrons. The largest absolute Gasteiger partial charge is 0.312 e. The van der Waals surface area contributed by atoms with Crippen LogP contribution >= 0.6 is 11.6 Å². The summed E-state index contributed by atoms with van der Waals surface area (Å²) in [6, 6.07) is 10.2. The Labute approximate surface area is 113 Å². The molecule has 0 amide bonds. The Hall–Kier alpha value is -2.40. The molecule has 2 aromatic heterocycles. The number of nitro groups is 1. The number of imidazole rings is 1. The topological polar surface area (TPSA) is 60.4 Å². The third-order valence-electron chi connectivity index (χ3n) is 2.80. The van der Waals surface area contributed by atoms with Crippen molar-refractivity contribution in [3.05, 3.63) is 63.9 Å². The van der Waals surface area contributed by atoms with Crippen molar-refractivity contribution in [1.29, 1.82) is 0 Å². The van der Waals surface area contributed by atoms with E-state index in [0.717, 1.165) is 5.56 Å². The van der Waals surface area contributed by atoms with Crippen molar-refractivity contribution >= 4 is 22.9 Å². The molecule has 94 valence electrons. The second-order valence-electron chi connectivity index (χ2n) is 4.01. The summed E-state index contributed by atoms with van der Waals surface area (Å²) in [6.45, 7) is 0.